The molecule has 7 heteroatoms. The van der Waals surface area contributed by atoms with Crippen LogP contribution in [0.5, 0.6) is 0 Å². The van der Waals surface area contributed by atoms with Gasteiger partial charge in [-0.3, -0.25) is 9.69 Å². The van der Waals surface area contributed by atoms with Gasteiger partial charge in [-0.05, 0) is 55.3 Å². The maximum Gasteiger partial charge on any atom is 0.237 e. The fourth-order valence-electron chi connectivity index (χ4n) is 4.01. The Morgan fingerprint density at radius 2 is 1.97 bits per heavy atom. The van der Waals surface area contributed by atoms with Gasteiger partial charge in [0.1, 0.15) is 23.4 Å². The summed E-state index contributed by atoms with van der Waals surface area (Å²) in [7, 11) is 1.87. The minimum Gasteiger partial charge on any atom is -0.443 e. The number of benzene rings is 2. The Hall–Kier alpha value is -3.06. The third-order valence-corrected chi connectivity index (χ3v) is 5.47. The maximum absolute atomic E-state index is 13.4. The second-order valence-corrected chi connectivity index (χ2v) is 8.02. The smallest absolute Gasteiger partial charge is 0.237 e. The first-order valence-electron chi connectivity index (χ1n) is 10.4. The molecular formula is C24H25F2N3O2. The first kappa shape index (κ1) is 21.2. The first-order valence-corrected chi connectivity index (χ1v) is 10.4. The van der Waals surface area contributed by atoms with E-state index in [0.717, 1.165) is 24.0 Å². The molecule has 3 aromatic rings. The van der Waals surface area contributed by atoms with Gasteiger partial charge in [0.15, 0.2) is 0 Å². The third kappa shape index (κ3) is 5.35. The molecule has 0 spiro atoms. The predicted molar refractivity (Wildman–Crippen MR) is 112 cm³/mol. The fourth-order valence-corrected chi connectivity index (χ4v) is 4.01. The number of amides is 1. The van der Waals surface area contributed by atoms with Crippen LogP contribution in [0.4, 0.5) is 8.78 Å². The van der Waals surface area contributed by atoms with Gasteiger partial charge in [-0.2, -0.15) is 0 Å². The largest absolute Gasteiger partial charge is 0.443 e. The lowest BCUT2D eigenvalue weighted by molar-refractivity contribution is -0.133. The van der Waals surface area contributed by atoms with E-state index in [-0.39, 0.29) is 30.1 Å². The molecule has 2 heterocycles. The van der Waals surface area contributed by atoms with Crippen LogP contribution in [0.25, 0.3) is 0 Å². The van der Waals surface area contributed by atoms with Crippen LogP contribution in [0, 0.1) is 11.6 Å². The fraction of sp³-hybridized carbons (Fsp3) is 0.333. The molecule has 1 aromatic heterocycles. The lowest BCUT2D eigenvalue weighted by Crippen LogP contribution is -2.38. The molecule has 2 aromatic carbocycles. The van der Waals surface area contributed by atoms with E-state index in [1.807, 2.05) is 22.9 Å². The minimum atomic E-state index is -0.283. The van der Waals surface area contributed by atoms with Crippen molar-refractivity contribution in [2.75, 3.05) is 20.1 Å². The van der Waals surface area contributed by atoms with Gasteiger partial charge in [-0.1, -0.05) is 24.3 Å². The van der Waals surface area contributed by atoms with Crippen molar-refractivity contribution in [1.29, 1.82) is 0 Å². The lowest BCUT2D eigenvalue weighted by atomic mass is 10.1. The quantitative estimate of drug-likeness (QED) is 0.565. The Kier molecular flexibility index (Phi) is 6.42. The summed E-state index contributed by atoms with van der Waals surface area (Å²) in [5.74, 6) is 0.628. The zero-order valence-corrected chi connectivity index (χ0v) is 17.4. The highest BCUT2D eigenvalue weighted by Crippen LogP contribution is 2.32. The normalized spacial score (nSPS) is 16.3. The van der Waals surface area contributed by atoms with Gasteiger partial charge < -0.3 is 9.32 Å². The van der Waals surface area contributed by atoms with Crippen LogP contribution in [-0.4, -0.2) is 40.8 Å². The highest BCUT2D eigenvalue weighted by atomic mass is 19.1. The molecular weight excluding hydrogens is 400 g/mol. The van der Waals surface area contributed by atoms with Crippen LogP contribution < -0.4 is 0 Å². The van der Waals surface area contributed by atoms with E-state index in [1.54, 1.807) is 24.4 Å². The summed E-state index contributed by atoms with van der Waals surface area (Å²) in [6.07, 6.45) is 3.79. The number of hydrogen-bond acceptors (Lipinski definition) is 4. The number of carbonyl (C=O) groups excluding carboxylic acids is 1. The molecule has 4 rings (SSSR count). The highest BCUT2D eigenvalue weighted by molar-refractivity contribution is 5.79. The van der Waals surface area contributed by atoms with Crippen LogP contribution in [-0.2, 0) is 17.8 Å². The molecule has 1 saturated heterocycles. The van der Waals surface area contributed by atoms with Crippen molar-refractivity contribution in [3.8, 4) is 0 Å². The van der Waals surface area contributed by atoms with Crippen LogP contribution >= 0.6 is 0 Å². The van der Waals surface area contributed by atoms with Crippen molar-refractivity contribution in [2.24, 2.45) is 0 Å². The van der Waals surface area contributed by atoms with Crippen molar-refractivity contribution in [3.63, 3.8) is 0 Å². The van der Waals surface area contributed by atoms with Crippen molar-refractivity contribution >= 4 is 5.91 Å². The molecule has 0 N–H and O–H groups in total. The number of carbonyl (C=O) groups is 1. The van der Waals surface area contributed by atoms with Gasteiger partial charge in [0.05, 0.1) is 12.7 Å². The van der Waals surface area contributed by atoms with Gasteiger partial charge >= 0.3 is 0 Å². The zero-order chi connectivity index (χ0) is 21.8. The molecule has 1 fully saturated rings. The Balaban J connectivity index is 1.37. The van der Waals surface area contributed by atoms with Gasteiger partial charge in [0.25, 0.3) is 0 Å². The Morgan fingerprint density at radius 3 is 2.74 bits per heavy atom. The molecule has 162 valence electrons. The molecule has 0 aliphatic carbocycles. The Morgan fingerprint density at radius 1 is 1.16 bits per heavy atom. The molecule has 0 saturated carbocycles. The zero-order valence-electron chi connectivity index (χ0n) is 17.4. The summed E-state index contributed by atoms with van der Waals surface area (Å²) in [6, 6.07) is 12.5. The van der Waals surface area contributed by atoms with E-state index in [4.69, 9.17) is 4.42 Å². The summed E-state index contributed by atoms with van der Waals surface area (Å²) in [4.78, 5) is 21.1. The molecule has 1 amide bonds. The summed E-state index contributed by atoms with van der Waals surface area (Å²) in [6.45, 7) is 1.47. The second kappa shape index (κ2) is 9.39. The summed E-state index contributed by atoms with van der Waals surface area (Å²) < 4.78 is 32.4. The van der Waals surface area contributed by atoms with Crippen LogP contribution in [0.2, 0.25) is 0 Å². The monoisotopic (exact) mass is 425 g/mol. The topological polar surface area (TPSA) is 49.6 Å². The van der Waals surface area contributed by atoms with E-state index in [2.05, 4.69) is 4.98 Å². The first-order chi connectivity index (χ1) is 15.0. The molecule has 5 nitrogen and oxygen atoms in total. The number of hydrogen-bond donors (Lipinski definition) is 0. The number of likely N-dealkylation sites (tertiary alicyclic amines) is 1. The third-order valence-electron chi connectivity index (χ3n) is 5.47. The number of nitrogens with zero attached hydrogens (tertiary/aromatic N) is 3. The lowest BCUT2D eigenvalue weighted by Gasteiger charge is -2.25. The van der Waals surface area contributed by atoms with Crippen LogP contribution in [0.3, 0.4) is 0 Å². The highest BCUT2D eigenvalue weighted by Gasteiger charge is 2.33. The van der Waals surface area contributed by atoms with Crippen molar-refractivity contribution in [3.05, 3.63) is 89.1 Å². The van der Waals surface area contributed by atoms with Crippen molar-refractivity contribution in [2.45, 2.75) is 31.8 Å². The van der Waals surface area contributed by atoms with Gasteiger partial charge in [0.2, 0.25) is 11.8 Å². The minimum absolute atomic E-state index is 0.0111. The number of aromatic nitrogens is 1. The Bertz CT molecular complexity index is 1040. The van der Waals surface area contributed by atoms with Crippen molar-refractivity contribution in [1.82, 2.24) is 14.8 Å². The summed E-state index contributed by atoms with van der Waals surface area (Å²) in [5.41, 5.74) is 1.76. The summed E-state index contributed by atoms with van der Waals surface area (Å²) >= 11 is 0. The predicted octanol–water partition coefficient (Wildman–Crippen LogP) is 4.34. The molecule has 0 radical (unpaired) electrons. The molecule has 31 heavy (non-hydrogen) atoms. The van der Waals surface area contributed by atoms with E-state index in [1.165, 1.54) is 24.3 Å². The number of rotatable bonds is 7. The molecule has 1 aliphatic rings. The Labute approximate surface area is 180 Å². The average molecular weight is 425 g/mol. The van der Waals surface area contributed by atoms with Crippen molar-refractivity contribution < 1.29 is 18.0 Å². The molecule has 1 aliphatic heterocycles. The van der Waals surface area contributed by atoms with Gasteiger partial charge in [0, 0.05) is 19.5 Å². The second-order valence-electron chi connectivity index (χ2n) is 8.02. The van der Waals surface area contributed by atoms with Crippen LogP contribution in [0.15, 0.2) is 59.1 Å². The number of likely N-dealkylation sites (N-methyl/N-ethyl adjacent to an activating group) is 1. The van der Waals surface area contributed by atoms with Crippen LogP contribution in [0.1, 0.15) is 41.7 Å². The standard InChI is InChI=1S/C24H25F2N3O2/c1-28(15-17-7-9-19(25)10-8-17)16-23(30)29-11-3-6-22(29)24-27-14-21(31-24)13-18-4-2-5-20(26)12-18/h2,4-5,7-10,12,14,22H,3,6,11,13,15-16H2,1H3/t22-/m0/s1. The molecule has 0 unspecified atom stereocenters. The number of oxazole rings is 1. The molecule has 0 bridgehead atoms. The number of halogens is 2. The SMILES string of the molecule is CN(CC(=O)N1CCC[C@H]1c1ncc(Cc2cccc(F)c2)o1)Cc1ccc(F)cc1. The van der Waals surface area contributed by atoms with Gasteiger partial charge in [-0.25, -0.2) is 13.8 Å². The van der Waals surface area contributed by atoms with E-state index < -0.39 is 0 Å². The summed E-state index contributed by atoms with van der Waals surface area (Å²) in [5, 5.41) is 0. The van der Waals surface area contributed by atoms with Gasteiger partial charge in [-0.15, -0.1) is 0 Å². The molecule has 1 atom stereocenters. The van der Waals surface area contributed by atoms with E-state index >= 15 is 0 Å². The average Bonchev–Trinajstić information content (AvgIpc) is 3.39. The van der Waals surface area contributed by atoms with E-state index in [0.29, 0.717) is 31.2 Å². The maximum atomic E-state index is 13.4. The van der Waals surface area contributed by atoms with E-state index in [9.17, 15) is 13.6 Å².